The molecular formula is C26H19FN2O4S. The molecule has 8 heteroatoms. The molecular weight excluding hydrogens is 455 g/mol. The van der Waals surface area contributed by atoms with Crippen LogP contribution in [0.4, 0.5) is 9.52 Å². The minimum Gasteiger partial charge on any atom is -0.507 e. The average molecular weight is 475 g/mol. The summed E-state index contributed by atoms with van der Waals surface area (Å²) >= 11 is 1.29. The van der Waals surface area contributed by atoms with Crippen LogP contribution in [0.1, 0.15) is 22.7 Å². The van der Waals surface area contributed by atoms with Crippen LogP contribution in [0.2, 0.25) is 0 Å². The number of benzene rings is 3. The highest BCUT2D eigenvalue weighted by molar-refractivity contribution is 7.22. The number of aliphatic hydroxyl groups excluding tert-OH is 1. The predicted octanol–water partition coefficient (Wildman–Crippen LogP) is 5.38. The number of carbonyl (C=O) groups is 2. The van der Waals surface area contributed by atoms with Gasteiger partial charge in [-0.2, -0.15) is 0 Å². The minimum absolute atomic E-state index is 0.0969. The molecule has 4 aromatic rings. The highest BCUT2D eigenvalue weighted by Crippen LogP contribution is 2.44. The minimum atomic E-state index is -0.943. The second kappa shape index (κ2) is 8.39. The second-order valence-electron chi connectivity index (χ2n) is 7.92. The number of nitrogens with zero attached hydrogens (tertiary/aromatic N) is 2. The molecule has 5 rings (SSSR count). The largest absolute Gasteiger partial charge is 0.507 e. The Labute approximate surface area is 198 Å². The number of anilines is 1. The first-order chi connectivity index (χ1) is 16.4. The number of halogens is 1. The predicted molar refractivity (Wildman–Crippen MR) is 129 cm³/mol. The van der Waals surface area contributed by atoms with Crippen molar-refractivity contribution in [1.29, 1.82) is 0 Å². The van der Waals surface area contributed by atoms with Crippen molar-refractivity contribution in [1.82, 2.24) is 4.98 Å². The third-order valence-corrected chi connectivity index (χ3v) is 6.73. The molecule has 1 N–H and O–H groups in total. The van der Waals surface area contributed by atoms with Gasteiger partial charge in [0.1, 0.15) is 17.3 Å². The Morgan fingerprint density at radius 3 is 2.59 bits per heavy atom. The lowest BCUT2D eigenvalue weighted by Gasteiger charge is -2.23. The van der Waals surface area contributed by atoms with Crippen LogP contribution in [0.5, 0.6) is 5.75 Å². The smallest absolute Gasteiger partial charge is 0.301 e. The van der Waals surface area contributed by atoms with Crippen molar-refractivity contribution in [2.24, 2.45) is 0 Å². The zero-order valence-electron chi connectivity index (χ0n) is 18.3. The topological polar surface area (TPSA) is 79.7 Å². The molecule has 1 aromatic heterocycles. The van der Waals surface area contributed by atoms with Crippen LogP contribution in [-0.4, -0.2) is 28.9 Å². The van der Waals surface area contributed by atoms with Crippen molar-refractivity contribution in [3.63, 3.8) is 0 Å². The molecule has 2 heterocycles. The molecule has 1 amide bonds. The van der Waals surface area contributed by atoms with E-state index in [-0.39, 0.29) is 16.9 Å². The van der Waals surface area contributed by atoms with E-state index in [4.69, 9.17) is 4.74 Å². The summed E-state index contributed by atoms with van der Waals surface area (Å²) in [5, 5.41) is 11.4. The Balaban J connectivity index is 1.74. The summed E-state index contributed by atoms with van der Waals surface area (Å²) in [6, 6.07) is 16.8. The van der Waals surface area contributed by atoms with Crippen LogP contribution in [0.15, 0.2) is 72.3 Å². The van der Waals surface area contributed by atoms with Gasteiger partial charge in [0.15, 0.2) is 5.13 Å². The van der Waals surface area contributed by atoms with Gasteiger partial charge in [-0.3, -0.25) is 14.5 Å². The molecule has 170 valence electrons. The van der Waals surface area contributed by atoms with Gasteiger partial charge in [0.25, 0.3) is 5.78 Å². The SMILES string of the molecule is COc1cccc([C@@H]2/C(=C(\O)c3ccc(F)cc3)C(=O)C(=O)N2c2nc3ccc(C)cc3s2)c1. The Morgan fingerprint density at radius 2 is 1.85 bits per heavy atom. The van der Waals surface area contributed by atoms with Gasteiger partial charge in [-0.05, 0) is 66.6 Å². The molecule has 0 radical (unpaired) electrons. The lowest BCUT2D eigenvalue weighted by atomic mass is 9.95. The van der Waals surface area contributed by atoms with Gasteiger partial charge < -0.3 is 9.84 Å². The lowest BCUT2D eigenvalue weighted by molar-refractivity contribution is -0.132. The number of thiazole rings is 1. The summed E-state index contributed by atoms with van der Waals surface area (Å²) in [4.78, 5) is 32.5. The molecule has 34 heavy (non-hydrogen) atoms. The summed E-state index contributed by atoms with van der Waals surface area (Å²) in [6.45, 7) is 1.96. The number of aryl methyl sites for hydroxylation is 1. The zero-order chi connectivity index (χ0) is 24.0. The summed E-state index contributed by atoms with van der Waals surface area (Å²) < 4.78 is 19.7. The Bertz CT molecular complexity index is 1480. The summed E-state index contributed by atoms with van der Waals surface area (Å²) in [5.74, 6) is -1.97. The first kappa shape index (κ1) is 21.8. The van der Waals surface area contributed by atoms with E-state index < -0.39 is 23.5 Å². The number of ether oxygens (including phenoxy) is 1. The van der Waals surface area contributed by atoms with Crippen LogP contribution < -0.4 is 9.64 Å². The van der Waals surface area contributed by atoms with Crippen LogP contribution in [-0.2, 0) is 9.59 Å². The maximum Gasteiger partial charge on any atom is 0.301 e. The fourth-order valence-electron chi connectivity index (χ4n) is 4.04. The van der Waals surface area contributed by atoms with Crippen molar-refractivity contribution >= 4 is 44.1 Å². The third-order valence-electron chi connectivity index (χ3n) is 5.71. The van der Waals surface area contributed by atoms with Gasteiger partial charge in [-0.15, -0.1) is 0 Å². The van der Waals surface area contributed by atoms with Gasteiger partial charge in [-0.25, -0.2) is 9.37 Å². The standard InChI is InChI=1S/C26H19FN2O4S/c1-14-6-11-19-20(12-14)34-26(28-19)29-22(16-4-3-5-18(13-16)33-2)21(24(31)25(29)32)23(30)15-7-9-17(27)10-8-15/h3-13,22,30H,1-2H3/b23-21+/t22-/m1/s1. The monoisotopic (exact) mass is 474 g/mol. The second-order valence-corrected chi connectivity index (χ2v) is 8.93. The molecule has 1 saturated heterocycles. The van der Waals surface area contributed by atoms with Crippen molar-refractivity contribution in [2.45, 2.75) is 13.0 Å². The average Bonchev–Trinajstić information content (AvgIpc) is 3.37. The molecule has 0 unspecified atom stereocenters. The van der Waals surface area contributed by atoms with Crippen molar-refractivity contribution in [3.8, 4) is 5.75 Å². The number of hydrogen-bond donors (Lipinski definition) is 1. The van der Waals surface area contributed by atoms with E-state index in [9.17, 15) is 19.1 Å². The van der Waals surface area contributed by atoms with Crippen LogP contribution in [0, 0.1) is 12.7 Å². The summed E-state index contributed by atoms with van der Waals surface area (Å²) in [6.07, 6.45) is 0. The highest BCUT2D eigenvalue weighted by atomic mass is 32.1. The molecule has 0 bridgehead atoms. The van der Waals surface area contributed by atoms with E-state index in [0.717, 1.165) is 10.3 Å². The number of aromatic nitrogens is 1. The fraction of sp³-hybridized carbons (Fsp3) is 0.115. The van der Waals surface area contributed by atoms with E-state index in [1.54, 1.807) is 24.3 Å². The molecule has 1 atom stereocenters. The number of Topliss-reactive ketones (excluding diaryl/α,β-unsaturated/α-hetero) is 1. The van der Waals surface area contributed by atoms with Gasteiger partial charge in [0, 0.05) is 5.56 Å². The number of fused-ring (bicyclic) bond motifs is 1. The van der Waals surface area contributed by atoms with Crippen molar-refractivity contribution in [2.75, 3.05) is 12.0 Å². The first-order valence-corrected chi connectivity index (χ1v) is 11.3. The summed E-state index contributed by atoms with van der Waals surface area (Å²) in [7, 11) is 1.52. The van der Waals surface area contributed by atoms with Crippen LogP contribution >= 0.6 is 11.3 Å². The number of aliphatic hydroxyl groups is 1. The fourth-order valence-corrected chi connectivity index (χ4v) is 5.13. The van der Waals surface area contributed by atoms with E-state index in [0.29, 0.717) is 22.0 Å². The first-order valence-electron chi connectivity index (χ1n) is 10.5. The maximum absolute atomic E-state index is 13.5. The van der Waals surface area contributed by atoms with E-state index in [1.165, 1.54) is 47.6 Å². The van der Waals surface area contributed by atoms with Crippen molar-refractivity contribution in [3.05, 3.63) is 94.8 Å². The summed E-state index contributed by atoms with van der Waals surface area (Å²) in [5.41, 5.74) is 2.45. The number of rotatable bonds is 4. The molecule has 6 nitrogen and oxygen atoms in total. The van der Waals surface area contributed by atoms with E-state index >= 15 is 0 Å². The van der Waals surface area contributed by atoms with E-state index in [2.05, 4.69) is 4.98 Å². The molecule has 0 aliphatic carbocycles. The molecule has 1 fully saturated rings. The van der Waals surface area contributed by atoms with Gasteiger partial charge in [-0.1, -0.05) is 29.5 Å². The molecule has 1 aliphatic rings. The quantitative estimate of drug-likeness (QED) is 0.244. The van der Waals surface area contributed by atoms with Gasteiger partial charge in [0.05, 0.1) is 28.9 Å². The molecule has 3 aromatic carbocycles. The number of ketones is 1. The van der Waals surface area contributed by atoms with Crippen LogP contribution in [0.3, 0.4) is 0 Å². The number of amides is 1. The van der Waals surface area contributed by atoms with Gasteiger partial charge in [0.2, 0.25) is 0 Å². The van der Waals surface area contributed by atoms with Crippen LogP contribution in [0.25, 0.3) is 16.0 Å². The van der Waals surface area contributed by atoms with E-state index in [1.807, 2.05) is 25.1 Å². The Hall–Kier alpha value is -4.04. The Kier molecular flexibility index (Phi) is 5.37. The maximum atomic E-state index is 13.5. The lowest BCUT2D eigenvalue weighted by Crippen LogP contribution is -2.29. The Morgan fingerprint density at radius 1 is 1.09 bits per heavy atom. The number of hydrogen-bond acceptors (Lipinski definition) is 6. The zero-order valence-corrected chi connectivity index (χ0v) is 19.1. The van der Waals surface area contributed by atoms with Gasteiger partial charge >= 0.3 is 5.91 Å². The molecule has 0 spiro atoms. The van der Waals surface area contributed by atoms with Crippen molar-refractivity contribution < 1.29 is 23.8 Å². The number of carbonyl (C=O) groups excluding carboxylic acids is 2. The third kappa shape index (κ3) is 3.62. The number of methoxy groups -OCH3 is 1. The normalized spacial score (nSPS) is 17.5. The molecule has 0 saturated carbocycles. The highest BCUT2D eigenvalue weighted by Gasteiger charge is 2.48. The molecule has 1 aliphatic heterocycles.